The summed E-state index contributed by atoms with van der Waals surface area (Å²) in [5.74, 6) is -1.19. The molecule has 4 N–H and O–H groups in total. The smallest absolute Gasteiger partial charge is 0.261 e. The van der Waals surface area contributed by atoms with Crippen molar-refractivity contribution in [2.24, 2.45) is 5.73 Å². The third-order valence-corrected chi connectivity index (χ3v) is 4.00. The molecule has 0 aromatic carbocycles. The van der Waals surface area contributed by atoms with Crippen LogP contribution in [0.25, 0.3) is 0 Å². The van der Waals surface area contributed by atoms with Crippen molar-refractivity contribution in [2.75, 3.05) is 6.54 Å². The number of carbonyl (C=O) groups is 2. The highest BCUT2D eigenvalue weighted by Gasteiger charge is 2.15. The van der Waals surface area contributed by atoms with Gasteiger partial charge in [-0.1, -0.05) is 0 Å². The summed E-state index contributed by atoms with van der Waals surface area (Å²) in [7, 11) is 0. The summed E-state index contributed by atoms with van der Waals surface area (Å²) in [6, 6.07) is 1.72. The highest BCUT2D eigenvalue weighted by atomic mass is 79.9. The van der Waals surface area contributed by atoms with Crippen molar-refractivity contribution < 1.29 is 14.7 Å². The standard InChI is InChI=1S/C9H11BrN2O3S/c1-4-2-6(16-7(4)10)9(15)12-3-5(13)8(11)14/h2,5,13H,3H2,1H3,(H2,11,14)(H,12,15). The lowest BCUT2D eigenvalue weighted by atomic mass is 10.3. The van der Waals surface area contributed by atoms with Crippen LogP contribution in [-0.4, -0.2) is 29.6 Å². The van der Waals surface area contributed by atoms with E-state index in [1.807, 2.05) is 6.92 Å². The van der Waals surface area contributed by atoms with Gasteiger partial charge in [0.15, 0.2) is 0 Å². The number of rotatable bonds is 4. The van der Waals surface area contributed by atoms with E-state index in [-0.39, 0.29) is 12.5 Å². The monoisotopic (exact) mass is 306 g/mol. The minimum Gasteiger partial charge on any atom is -0.381 e. The number of carbonyl (C=O) groups excluding carboxylic acids is 2. The maximum atomic E-state index is 11.6. The van der Waals surface area contributed by atoms with Crippen molar-refractivity contribution in [3.63, 3.8) is 0 Å². The van der Waals surface area contributed by atoms with E-state index in [4.69, 9.17) is 10.8 Å². The number of hydrogen-bond donors (Lipinski definition) is 3. The van der Waals surface area contributed by atoms with Crippen molar-refractivity contribution in [2.45, 2.75) is 13.0 Å². The Morgan fingerprint density at radius 3 is 2.75 bits per heavy atom. The van der Waals surface area contributed by atoms with E-state index >= 15 is 0 Å². The van der Waals surface area contributed by atoms with Crippen LogP contribution in [-0.2, 0) is 4.79 Å². The molecule has 0 fully saturated rings. The van der Waals surface area contributed by atoms with Gasteiger partial charge < -0.3 is 16.2 Å². The fourth-order valence-electron chi connectivity index (χ4n) is 0.949. The van der Waals surface area contributed by atoms with Gasteiger partial charge in [-0.05, 0) is 34.5 Å². The van der Waals surface area contributed by atoms with Gasteiger partial charge in [-0.3, -0.25) is 9.59 Å². The van der Waals surface area contributed by atoms with Crippen LogP contribution in [0.5, 0.6) is 0 Å². The zero-order chi connectivity index (χ0) is 12.3. The molecule has 1 heterocycles. The Labute approximate surface area is 105 Å². The average Bonchev–Trinajstić information content (AvgIpc) is 2.55. The SMILES string of the molecule is Cc1cc(C(=O)NCC(O)C(N)=O)sc1Br. The molecule has 1 rings (SSSR count). The first-order valence-electron chi connectivity index (χ1n) is 4.43. The number of aliphatic hydroxyl groups is 1. The first kappa shape index (κ1) is 13.1. The van der Waals surface area contributed by atoms with Crippen LogP contribution in [0.4, 0.5) is 0 Å². The van der Waals surface area contributed by atoms with Crippen molar-refractivity contribution in [1.82, 2.24) is 5.32 Å². The van der Waals surface area contributed by atoms with Crippen LogP contribution in [0.3, 0.4) is 0 Å². The Balaban J connectivity index is 2.56. The van der Waals surface area contributed by atoms with Gasteiger partial charge in [0.05, 0.1) is 15.2 Å². The van der Waals surface area contributed by atoms with Crippen LogP contribution in [0.1, 0.15) is 15.2 Å². The second kappa shape index (κ2) is 5.42. The summed E-state index contributed by atoms with van der Waals surface area (Å²) in [4.78, 5) is 22.6. The topological polar surface area (TPSA) is 92.4 Å². The Hall–Kier alpha value is -0.920. The number of thiophene rings is 1. The van der Waals surface area contributed by atoms with Crippen LogP contribution in [0, 0.1) is 6.92 Å². The molecular weight excluding hydrogens is 296 g/mol. The number of nitrogens with two attached hydrogens (primary N) is 1. The first-order valence-corrected chi connectivity index (χ1v) is 6.04. The number of aliphatic hydroxyl groups excluding tert-OH is 1. The van der Waals surface area contributed by atoms with E-state index in [0.717, 1.165) is 9.35 Å². The van der Waals surface area contributed by atoms with E-state index in [1.54, 1.807) is 6.07 Å². The molecule has 0 bridgehead atoms. The fraction of sp³-hybridized carbons (Fsp3) is 0.333. The third-order valence-electron chi connectivity index (χ3n) is 1.87. The molecule has 88 valence electrons. The molecule has 0 radical (unpaired) electrons. The van der Waals surface area contributed by atoms with Crippen LogP contribution in [0.2, 0.25) is 0 Å². The molecule has 0 aliphatic heterocycles. The van der Waals surface area contributed by atoms with E-state index in [0.29, 0.717) is 4.88 Å². The van der Waals surface area contributed by atoms with Crippen LogP contribution < -0.4 is 11.1 Å². The second-order valence-electron chi connectivity index (χ2n) is 3.20. The minimum atomic E-state index is -1.35. The number of hydrogen-bond acceptors (Lipinski definition) is 4. The number of halogens is 1. The predicted molar refractivity (Wildman–Crippen MR) is 64.3 cm³/mol. The molecule has 2 amide bonds. The highest BCUT2D eigenvalue weighted by Crippen LogP contribution is 2.27. The molecule has 0 spiro atoms. The lowest BCUT2D eigenvalue weighted by Crippen LogP contribution is -2.39. The molecule has 1 aromatic rings. The summed E-state index contributed by atoms with van der Waals surface area (Å²) >= 11 is 4.59. The fourth-order valence-corrected chi connectivity index (χ4v) is 2.40. The van der Waals surface area contributed by atoms with Gasteiger partial charge in [0.1, 0.15) is 6.10 Å². The van der Waals surface area contributed by atoms with E-state index in [1.165, 1.54) is 11.3 Å². The lowest BCUT2D eigenvalue weighted by Gasteiger charge is -2.06. The summed E-state index contributed by atoms with van der Waals surface area (Å²) in [6.45, 7) is 1.69. The summed E-state index contributed by atoms with van der Waals surface area (Å²) < 4.78 is 0.882. The molecule has 0 saturated carbocycles. The van der Waals surface area contributed by atoms with Gasteiger partial charge >= 0.3 is 0 Å². The van der Waals surface area contributed by atoms with E-state index in [2.05, 4.69) is 21.2 Å². The molecule has 1 aromatic heterocycles. The number of amides is 2. The molecule has 16 heavy (non-hydrogen) atoms. The Kier molecular flexibility index (Phi) is 4.45. The first-order chi connectivity index (χ1) is 7.41. The quantitative estimate of drug-likeness (QED) is 0.751. The van der Waals surface area contributed by atoms with Gasteiger partial charge in [0.25, 0.3) is 5.91 Å². The number of primary amides is 1. The maximum Gasteiger partial charge on any atom is 0.261 e. The summed E-state index contributed by atoms with van der Waals surface area (Å²) in [5.41, 5.74) is 5.81. The lowest BCUT2D eigenvalue weighted by molar-refractivity contribution is -0.125. The largest absolute Gasteiger partial charge is 0.381 e. The van der Waals surface area contributed by atoms with Gasteiger partial charge in [-0.15, -0.1) is 11.3 Å². The minimum absolute atomic E-state index is 0.178. The van der Waals surface area contributed by atoms with Crippen LogP contribution in [0.15, 0.2) is 9.85 Å². The Bertz CT molecular complexity index is 399. The molecule has 1 atom stereocenters. The average molecular weight is 307 g/mol. The molecule has 0 saturated heterocycles. The normalized spacial score (nSPS) is 12.2. The van der Waals surface area contributed by atoms with Gasteiger partial charge in [0.2, 0.25) is 5.91 Å². The Morgan fingerprint density at radius 1 is 1.69 bits per heavy atom. The van der Waals surface area contributed by atoms with Gasteiger partial charge in [0, 0.05) is 0 Å². The van der Waals surface area contributed by atoms with Crippen molar-refractivity contribution in [3.05, 3.63) is 20.3 Å². The van der Waals surface area contributed by atoms with Gasteiger partial charge in [-0.2, -0.15) is 0 Å². The maximum absolute atomic E-state index is 11.6. The van der Waals surface area contributed by atoms with Crippen LogP contribution >= 0.6 is 27.3 Å². The zero-order valence-electron chi connectivity index (χ0n) is 8.49. The number of aryl methyl sites for hydroxylation is 1. The van der Waals surface area contributed by atoms with Crippen molar-refractivity contribution >= 4 is 39.1 Å². The third kappa shape index (κ3) is 3.29. The molecule has 5 nitrogen and oxygen atoms in total. The molecule has 0 aliphatic carbocycles. The van der Waals surface area contributed by atoms with Gasteiger partial charge in [-0.25, -0.2) is 0 Å². The Morgan fingerprint density at radius 2 is 2.31 bits per heavy atom. The zero-order valence-corrected chi connectivity index (χ0v) is 10.9. The molecule has 0 aliphatic rings. The van der Waals surface area contributed by atoms with Crippen molar-refractivity contribution in [1.29, 1.82) is 0 Å². The molecular formula is C9H11BrN2O3S. The van der Waals surface area contributed by atoms with E-state index in [9.17, 15) is 9.59 Å². The second-order valence-corrected chi connectivity index (χ2v) is 5.57. The molecule has 1 unspecified atom stereocenters. The van der Waals surface area contributed by atoms with E-state index < -0.39 is 12.0 Å². The summed E-state index contributed by atoms with van der Waals surface area (Å²) in [5, 5.41) is 11.5. The number of nitrogens with one attached hydrogen (secondary N) is 1. The van der Waals surface area contributed by atoms with Crippen molar-refractivity contribution in [3.8, 4) is 0 Å². The molecule has 7 heteroatoms. The highest BCUT2D eigenvalue weighted by molar-refractivity contribution is 9.11. The summed E-state index contributed by atoms with van der Waals surface area (Å²) in [6.07, 6.45) is -1.35. The predicted octanol–water partition coefficient (Wildman–Crippen LogP) is 0.395.